The first-order valence-corrected chi connectivity index (χ1v) is 7.46. The largest absolute Gasteiger partial charge is 0.497 e. The zero-order valence-corrected chi connectivity index (χ0v) is 12.6. The number of fused-ring (bicyclic) bond motifs is 1. The summed E-state index contributed by atoms with van der Waals surface area (Å²) in [4.78, 5) is 0. The van der Waals surface area contributed by atoms with E-state index in [1.165, 1.54) is 22.3 Å². The van der Waals surface area contributed by atoms with Crippen molar-refractivity contribution in [1.82, 2.24) is 5.32 Å². The van der Waals surface area contributed by atoms with E-state index in [0.717, 1.165) is 37.6 Å². The Kier molecular flexibility index (Phi) is 4.11. The molecule has 1 aliphatic heterocycles. The number of nitrogens with one attached hydrogen (secondary N) is 1. The van der Waals surface area contributed by atoms with Crippen LogP contribution in [0.1, 0.15) is 18.1 Å². The van der Waals surface area contributed by atoms with Crippen molar-refractivity contribution < 1.29 is 9.47 Å². The lowest BCUT2D eigenvalue weighted by atomic mass is 9.96. The number of ether oxygens (including phenoxy) is 2. The Balaban J connectivity index is 2.07. The molecule has 0 amide bonds. The maximum absolute atomic E-state index is 5.85. The maximum atomic E-state index is 5.85. The van der Waals surface area contributed by atoms with E-state index in [9.17, 15) is 0 Å². The number of para-hydroxylation sites is 1. The molecule has 2 aromatic carbocycles. The molecule has 2 aromatic rings. The van der Waals surface area contributed by atoms with Crippen LogP contribution in [0.3, 0.4) is 0 Å². The number of benzene rings is 2. The molecular formula is C18H21NO2. The molecule has 0 spiro atoms. The third-order valence-corrected chi connectivity index (χ3v) is 3.88. The zero-order chi connectivity index (χ0) is 14.7. The van der Waals surface area contributed by atoms with Gasteiger partial charge in [0.1, 0.15) is 11.5 Å². The Hall–Kier alpha value is -2.00. The SMILES string of the molecule is CCNCc1cc(OC)ccc1-c1cccc2c1OCC2. The minimum absolute atomic E-state index is 0.783. The first-order chi connectivity index (χ1) is 10.3. The average Bonchev–Trinajstić information content (AvgIpc) is 3.01. The van der Waals surface area contributed by atoms with Gasteiger partial charge >= 0.3 is 0 Å². The predicted molar refractivity (Wildman–Crippen MR) is 85.0 cm³/mol. The van der Waals surface area contributed by atoms with Gasteiger partial charge in [0, 0.05) is 18.5 Å². The molecule has 0 atom stereocenters. The highest BCUT2D eigenvalue weighted by Crippen LogP contribution is 2.39. The Labute approximate surface area is 125 Å². The Morgan fingerprint density at radius 2 is 2.10 bits per heavy atom. The van der Waals surface area contributed by atoms with Gasteiger partial charge in [-0.05, 0) is 35.4 Å². The van der Waals surface area contributed by atoms with E-state index in [0.29, 0.717) is 0 Å². The van der Waals surface area contributed by atoms with E-state index >= 15 is 0 Å². The molecule has 0 fully saturated rings. The molecule has 3 rings (SSSR count). The van der Waals surface area contributed by atoms with E-state index in [1.807, 2.05) is 6.07 Å². The molecule has 0 bridgehead atoms. The predicted octanol–water partition coefficient (Wildman–Crippen LogP) is 3.41. The summed E-state index contributed by atoms with van der Waals surface area (Å²) in [5.41, 5.74) is 4.94. The van der Waals surface area contributed by atoms with Gasteiger partial charge in [0.05, 0.1) is 13.7 Å². The van der Waals surface area contributed by atoms with Gasteiger partial charge in [0.25, 0.3) is 0 Å². The Morgan fingerprint density at radius 1 is 1.19 bits per heavy atom. The van der Waals surface area contributed by atoms with Crippen LogP contribution in [-0.4, -0.2) is 20.3 Å². The van der Waals surface area contributed by atoms with Crippen LogP contribution in [0.15, 0.2) is 36.4 Å². The second-order valence-corrected chi connectivity index (χ2v) is 5.20. The molecule has 0 saturated heterocycles. The standard InChI is InChI=1S/C18H21NO2/c1-3-19-12-14-11-15(20-2)7-8-16(14)17-6-4-5-13-9-10-21-18(13)17/h4-8,11,19H,3,9-10,12H2,1-2H3. The van der Waals surface area contributed by atoms with Gasteiger partial charge in [0.15, 0.2) is 0 Å². The summed E-state index contributed by atoms with van der Waals surface area (Å²) in [5.74, 6) is 1.93. The Morgan fingerprint density at radius 3 is 2.90 bits per heavy atom. The molecule has 0 unspecified atom stereocenters. The third-order valence-electron chi connectivity index (χ3n) is 3.88. The molecule has 3 heteroatoms. The zero-order valence-electron chi connectivity index (χ0n) is 12.6. The number of hydrogen-bond acceptors (Lipinski definition) is 3. The molecule has 0 radical (unpaired) electrons. The van der Waals surface area contributed by atoms with E-state index in [-0.39, 0.29) is 0 Å². The third kappa shape index (κ3) is 2.74. The van der Waals surface area contributed by atoms with Gasteiger partial charge in [-0.15, -0.1) is 0 Å². The summed E-state index contributed by atoms with van der Waals surface area (Å²) < 4.78 is 11.2. The average molecular weight is 283 g/mol. The summed E-state index contributed by atoms with van der Waals surface area (Å²) in [6.07, 6.45) is 1.00. The lowest BCUT2D eigenvalue weighted by Crippen LogP contribution is -2.12. The van der Waals surface area contributed by atoms with Crippen LogP contribution in [0.5, 0.6) is 11.5 Å². The molecule has 1 aliphatic rings. The van der Waals surface area contributed by atoms with Gasteiger partial charge in [-0.25, -0.2) is 0 Å². The van der Waals surface area contributed by atoms with E-state index in [4.69, 9.17) is 9.47 Å². The normalized spacial score (nSPS) is 12.9. The van der Waals surface area contributed by atoms with Gasteiger partial charge in [-0.1, -0.05) is 31.2 Å². The van der Waals surface area contributed by atoms with Crippen molar-refractivity contribution in [2.75, 3.05) is 20.3 Å². The quantitative estimate of drug-likeness (QED) is 0.912. The second-order valence-electron chi connectivity index (χ2n) is 5.20. The summed E-state index contributed by atoms with van der Waals surface area (Å²) in [5, 5.41) is 3.40. The van der Waals surface area contributed by atoms with Crippen LogP contribution in [0.2, 0.25) is 0 Å². The van der Waals surface area contributed by atoms with Crippen molar-refractivity contribution in [2.24, 2.45) is 0 Å². The number of hydrogen-bond donors (Lipinski definition) is 1. The highest BCUT2D eigenvalue weighted by molar-refractivity contribution is 5.76. The van der Waals surface area contributed by atoms with Crippen molar-refractivity contribution in [1.29, 1.82) is 0 Å². The van der Waals surface area contributed by atoms with Crippen LogP contribution in [0.4, 0.5) is 0 Å². The van der Waals surface area contributed by atoms with Crippen LogP contribution in [0, 0.1) is 0 Å². The van der Waals surface area contributed by atoms with Crippen LogP contribution in [-0.2, 0) is 13.0 Å². The van der Waals surface area contributed by atoms with Crippen molar-refractivity contribution in [2.45, 2.75) is 19.9 Å². The summed E-state index contributed by atoms with van der Waals surface area (Å²) >= 11 is 0. The minimum atomic E-state index is 0.783. The highest BCUT2D eigenvalue weighted by atomic mass is 16.5. The first kappa shape index (κ1) is 14.0. The van der Waals surface area contributed by atoms with Crippen molar-refractivity contribution in [3.8, 4) is 22.6 Å². The molecule has 3 nitrogen and oxygen atoms in total. The fourth-order valence-corrected chi connectivity index (χ4v) is 2.79. The van der Waals surface area contributed by atoms with E-state index < -0.39 is 0 Å². The maximum Gasteiger partial charge on any atom is 0.130 e. The van der Waals surface area contributed by atoms with Gasteiger partial charge < -0.3 is 14.8 Å². The van der Waals surface area contributed by atoms with Crippen LogP contribution in [0.25, 0.3) is 11.1 Å². The van der Waals surface area contributed by atoms with Gasteiger partial charge in [-0.2, -0.15) is 0 Å². The molecular weight excluding hydrogens is 262 g/mol. The van der Waals surface area contributed by atoms with Crippen molar-refractivity contribution in [3.63, 3.8) is 0 Å². The molecule has 1 heterocycles. The molecule has 0 aliphatic carbocycles. The van der Waals surface area contributed by atoms with Crippen molar-refractivity contribution >= 4 is 0 Å². The van der Waals surface area contributed by atoms with Crippen LogP contribution >= 0.6 is 0 Å². The lowest BCUT2D eigenvalue weighted by molar-refractivity contribution is 0.358. The summed E-state index contributed by atoms with van der Waals surface area (Å²) in [7, 11) is 1.70. The van der Waals surface area contributed by atoms with Gasteiger partial charge in [-0.3, -0.25) is 0 Å². The smallest absolute Gasteiger partial charge is 0.130 e. The summed E-state index contributed by atoms with van der Waals surface area (Å²) in [6, 6.07) is 12.7. The van der Waals surface area contributed by atoms with Gasteiger partial charge in [0.2, 0.25) is 0 Å². The highest BCUT2D eigenvalue weighted by Gasteiger charge is 2.18. The molecule has 0 aromatic heterocycles. The number of rotatable bonds is 5. The lowest BCUT2D eigenvalue weighted by Gasteiger charge is -2.14. The molecule has 21 heavy (non-hydrogen) atoms. The minimum Gasteiger partial charge on any atom is -0.497 e. The Bertz CT molecular complexity index is 637. The fraction of sp³-hybridized carbons (Fsp3) is 0.333. The van der Waals surface area contributed by atoms with E-state index in [1.54, 1.807) is 7.11 Å². The fourth-order valence-electron chi connectivity index (χ4n) is 2.79. The van der Waals surface area contributed by atoms with Crippen molar-refractivity contribution in [3.05, 3.63) is 47.5 Å². The topological polar surface area (TPSA) is 30.5 Å². The molecule has 0 saturated carbocycles. The second kappa shape index (κ2) is 6.19. The van der Waals surface area contributed by atoms with Crippen LogP contribution < -0.4 is 14.8 Å². The molecule has 1 N–H and O–H groups in total. The summed E-state index contributed by atoms with van der Waals surface area (Å²) in [6.45, 7) is 4.67. The van der Waals surface area contributed by atoms with E-state index in [2.05, 4.69) is 42.6 Å². The number of methoxy groups -OCH3 is 1. The first-order valence-electron chi connectivity index (χ1n) is 7.46. The monoisotopic (exact) mass is 283 g/mol. The molecule has 110 valence electrons.